The first kappa shape index (κ1) is 19.3. The molecule has 1 amide bonds. The fourth-order valence-corrected chi connectivity index (χ4v) is 2.96. The number of hydrogen-bond donors (Lipinski definition) is 0. The molecule has 0 N–H and O–H groups in total. The van der Waals surface area contributed by atoms with E-state index in [4.69, 9.17) is 0 Å². The normalized spacial score (nSPS) is 14.5. The van der Waals surface area contributed by atoms with Crippen molar-refractivity contribution in [3.05, 3.63) is 47.3 Å². The zero-order valence-electron chi connectivity index (χ0n) is 16.1. The standard InChI is InChI=1S/C20H25F2N3O2/c1-20(2,3)25-17(11-16(23-25)14-7-8-14)18(26)24(4)12-13-5-9-15(10-6-13)27-19(21)22/h5-6,9-11,14,19H,7-8,12H2,1-4H3. The second kappa shape index (κ2) is 7.29. The van der Waals surface area contributed by atoms with E-state index in [1.54, 1.807) is 28.8 Å². The molecule has 1 saturated carbocycles. The van der Waals surface area contributed by atoms with Gasteiger partial charge >= 0.3 is 6.61 Å². The number of aromatic nitrogens is 2. The Morgan fingerprint density at radius 2 is 1.93 bits per heavy atom. The van der Waals surface area contributed by atoms with E-state index in [9.17, 15) is 13.6 Å². The van der Waals surface area contributed by atoms with Crippen molar-refractivity contribution in [1.82, 2.24) is 14.7 Å². The predicted molar refractivity (Wildman–Crippen MR) is 98.1 cm³/mol. The van der Waals surface area contributed by atoms with Gasteiger partial charge in [0.2, 0.25) is 0 Å². The molecular weight excluding hydrogens is 352 g/mol. The smallest absolute Gasteiger partial charge is 0.387 e. The van der Waals surface area contributed by atoms with Crippen LogP contribution in [0.3, 0.4) is 0 Å². The van der Waals surface area contributed by atoms with Gasteiger partial charge in [-0.05, 0) is 57.4 Å². The highest BCUT2D eigenvalue weighted by molar-refractivity contribution is 5.92. The minimum atomic E-state index is -2.85. The molecule has 0 saturated heterocycles. The van der Waals surface area contributed by atoms with E-state index in [0.717, 1.165) is 24.1 Å². The average Bonchev–Trinajstić information content (AvgIpc) is 3.32. The fourth-order valence-electron chi connectivity index (χ4n) is 2.96. The molecule has 1 aromatic carbocycles. The van der Waals surface area contributed by atoms with Gasteiger partial charge < -0.3 is 9.64 Å². The molecule has 1 heterocycles. The van der Waals surface area contributed by atoms with Crippen LogP contribution in [0.25, 0.3) is 0 Å². The second-order valence-corrected chi connectivity index (χ2v) is 8.00. The van der Waals surface area contributed by atoms with E-state index >= 15 is 0 Å². The van der Waals surface area contributed by atoms with Gasteiger partial charge in [0.25, 0.3) is 5.91 Å². The number of rotatable bonds is 6. The van der Waals surface area contributed by atoms with Gasteiger partial charge in [0.05, 0.1) is 11.2 Å². The molecule has 3 rings (SSSR count). The summed E-state index contributed by atoms with van der Waals surface area (Å²) in [6.07, 6.45) is 2.25. The lowest BCUT2D eigenvalue weighted by Gasteiger charge is -2.24. The molecule has 1 aliphatic rings. The molecule has 5 nitrogen and oxygen atoms in total. The number of nitrogens with zero attached hydrogens (tertiary/aromatic N) is 3. The Balaban J connectivity index is 1.75. The van der Waals surface area contributed by atoms with Crippen LogP contribution in [-0.2, 0) is 12.1 Å². The number of benzene rings is 1. The maximum atomic E-state index is 13.0. The number of hydrogen-bond acceptors (Lipinski definition) is 3. The summed E-state index contributed by atoms with van der Waals surface area (Å²) in [5.41, 5.74) is 2.09. The molecular formula is C20H25F2N3O2. The minimum absolute atomic E-state index is 0.0996. The topological polar surface area (TPSA) is 47.4 Å². The highest BCUT2D eigenvalue weighted by Gasteiger charge is 2.32. The van der Waals surface area contributed by atoms with E-state index in [1.165, 1.54) is 12.1 Å². The number of carbonyl (C=O) groups excluding carboxylic acids is 1. The van der Waals surface area contributed by atoms with Gasteiger partial charge in [-0.3, -0.25) is 9.48 Å². The quantitative estimate of drug-likeness (QED) is 0.750. The van der Waals surface area contributed by atoms with Crippen LogP contribution in [0.4, 0.5) is 8.78 Å². The van der Waals surface area contributed by atoms with Crippen molar-refractivity contribution in [3.8, 4) is 5.75 Å². The Kier molecular flexibility index (Phi) is 5.22. The largest absolute Gasteiger partial charge is 0.435 e. The van der Waals surface area contributed by atoms with E-state index in [1.807, 2.05) is 26.8 Å². The van der Waals surface area contributed by atoms with Gasteiger partial charge in [-0.25, -0.2) is 0 Å². The fraction of sp³-hybridized carbons (Fsp3) is 0.500. The average molecular weight is 377 g/mol. The van der Waals surface area contributed by atoms with Crippen LogP contribution >= 0.6 is 0 Å². The van der Waals surface area contributed by atoms with Crippen molar-refractivity contribution in [3.63, 3.8) is 0 Å². The summed E-state index contributed by atoms with van der Waals surface area (Å²) in [7, 11) is 1.72. The first-order valence-electron chi connectivity index (χ1n) is 9.05. The maximum Gasteiger partial charge on any atom is 0.387 e. The van der Waals surface area contributed by atoms with Crippen molar-refractivity contribution < 1.29 is 18.3 Å². The SMILES string of the molecule is CN(Cc1ccc(OC(F)F)cc1)C(=O)c1cc(C2CC2)nn1C(C)(C)C. The molecule has 2 aromatic rings. The summed E-state index contributed by atoms with van der Waals surface area (Å²) in [4.78, 5) is 14.6. The van der Waals surface area contributed by atoms with Crippen LogP contribution in [0, 0.1) is 0 Å². The summed E-state index contributed by atoms with van der Waals surface area (Å²) < 4.78 is 30.6. The second-order valence-electron chi connectivity index (χ2n) is 8.00. The van der Waals surface area contributed by atoms with Gasteiger partial charge in [0.15, 0.2) is 0 Å². The third-order valence-electron chi connectivity index (χ3n) is 4.49. The van der Waals surface area contributed by atoms with Crippen molar-refractivity contribution in [2.45, 2.75) is 58.2 Å². The Morgan fingerprint density at radius 3 is 2.44 bits per heavy atom. The lowest BCUT2D eigenvalue weighted by molar-refractivity contribution is -0.0498. The van der Waals surface area contributed by atoms with Crippen LogP contribution in [0.5, 0.6) is 5.75 Å². The minimum Gasteiger partial charge on any atom is -0.435 e. The molecule has 0 bridgehead atoms. The molecule has 0 radical (unpaired) electrons. The number of carbonyl (C=O) groups is 1. The molecule has 146 valence electrons. The summed E-state index contributed by atoms with van der Waals surface area (Å²) in [5, 5.41) is 4.67. The molecule has 7 heteroatoms. The first-order valence-corrected chi connectivity index (χ1v) is 9.05. The molecule has 0 aliphatic heterocycles. The lowest BCUT2D eigenvalue weighted by Crippen LogP contribution is -2.33. The van der Waals surface area contributed by atoms with E-state index in [-0.39, 0.29) is 17.2 Å². The zero-order chi connectivity index (χ0) is 19.8. The Hall–Kier alpha value is -2.44. The van der Waals surface area contributed by atoms with Crippen molar-refractivity contribution in [1.29, 1.82) is 0 Å². The molecule has 1 aliphatic carbocycles. The molecule has 0 atom stereocenters. The highest BCUT2D eigenvalue weighted by Crippen LogP contribution is 2.40. The Morgan fingerprint density at radius 1 is 1.30 bits per heavy atom. The summed E-state index contributed by atoms with van der Waals surface area (Å²) in [5.74, 6) is 0.452. The van der Waals surface area contributed by atoms with Gasteiger partial charge in [0.1, 0.15) is 11.4 Å². The van der Waals surface area contributed by atoms with Crippen LogP contribution < -0.4 is 4.74 Å². The third-order valence-corrected chi connectivity index (χ3v) is 4.49. The lowest BCUT2D eigenvalue weighted by atomic mass is 10.1. The summed E-state index contributed by atoms with van der Waals surface area (Å²) in [6.45, 7) is 3.58. The van der Waals surface area contributed by atoms with Gasteiger partial charge in [-0.15, -0.1) is 0 Å². The molecule has 1 fully saturated rings. The number of alkyl halides is 2. The number of amides is 1. The summed E-state index contributed by atoms with van der Waals surface area (Å²) >= 11 is 0. The molecule has 0 unspecified atom stereocenters. The van der Waals surface area contributed by atoms with Crippen molar-refractivity contribution >= 4 is 5.91 Å². The van der Waals surface area contributed by atoms with Gasteiger partial charge in [-0.2, -0.15) is 13.9 Å². The molecule has 0 spiro atoms. The molecule has 27 heavy (non-hydrogen) atoms. The summed E-state index contributed by atoms with van der Waals surface area (Å²) in [6, 6.07) is 8.21. The van der Waals surface area contributed by atoms with Gasteiger partial charge in [0, 0.05) is 19.5 Å². The van der Waals surface area contributed by atoms with E-state index < -0.39 is 6.61 Å². The van der Waals surface area contributed by atoms with Gasteiger partial charge in [-0.1, -0.05) is 12.1 Å². The maximum absolute atomic E-state index is 13.0. The number of halogens is 2. The zero-order valence-corrected chi connectivity index (χ0v) is 16.1. The van der Waals surface area contributed by atoms with E-state index in [2.05, 4.69) is 9.84 Å². The van der Waals surface area contributed by atoms with Crippen molar-refractivity contribution in [2.75, 3.05) is 7.05 Å². The first-order chi connectivity index (χ1) is 12.6. The van der Waals surface area contributed by atoms with Crippen LogP contribution in [0.2, 0.25) is 0 Å². The van der Waals surface area contributed by atoms with Crippen LogP contribution in [-0.4, -0.2) is 34.2 Å². The van der Waals surface area contributed by atoms with Crippen LogP contribution in [0.1, 0.15) is 61.3 Å². The Labute approximate surface area is 157 Å². The predicted octanol–water partition coefficient (Wildman–Crippen LogP) is 4.39. The monoisotopic (exact) mass is 377 g/mol. The van der Waals surface area contributed by atoms with E-state index in [0.29, 0.717) is 18.2 Å². The third kappa shape index (κ3) is 4.64. The van der Waals surface area contributed by atoms with Crippen molar-refractivity contribution in [2.24, 2.45) is 0 Å². The highest BCUT2D eigenvalue weighted by atomic mass is 19.3. The number of ether oxygens (including phenoxy) is 1. The molecule has 1 aromatic heterocycles. The van der Waals surface area contributed by atoms with Crippen LogP contribution in [0.15, 0.2) is 30.3 Å². The Bertz CT molecular complexity index is 806.